The highest BCUT2D eigenvalue weighted by atomic mass is 35.5. The minimum Gasteiger partial charge on any atom is -0.492 e. The van der Waals surface area contributed by atoms with Crippen molar-refractivity contribution in [2.75, 3.05) is 11.9 Å². The zero-order valence-corrected chi connectivity index (χ0v) is 12.6. The highest BCUT2D eigenvalue weighted by molar-refractivity contribution is 6.35. The first kappa shape index (κ1) is 14.1. The molecular formula is C16H12Cl2N2O. The highest BCUT2D eigenvalue weighted by Gasteiger charge is 2.24. The molecule has 0 spiro atoms. The maximum atomic E-state index is 9.17. The number of rotatable bonds is 2. The SMILES string of the molecule is N#Cc1ccccc1NC1CCOc2c(Cl)cc(Cl)cc21. The molecule has 0 saturated carbocycles. The summed E-state index contributed by atoms with van der Waals surface area (Å²) in [6.45, 7) is 0.570. The van der Waals surface area contributed by atoms with Gasteiger partial charge in [0.1, 0.15) is 11.8 Å². The Bertz CT molecular complexity index is 725. The van der Waals surface area contributed by atoms with Gasteiger partial charge < -0.3 is 10.1 Å². The lowest BCUT2D eigenvalue weighted by Crippen LogP contribution is -2.21. The van der Waals surface area contributed by atoms with E-state index in [-0.39, 0.29) is 6.04 Å². The quantitative estimate of drug-likeness (QED) is 0.864. The summed E-state index contributed by atoms with van der Waals surface area (Å²) in [5, 5.41) is 13.7. The van der Waals surface area contributed by atoms with Crippen molar-refractivity contribution in [2.45, 2.75) is 12.5 Å². The van der Waals surface area contributed by atoms with Crippen molar-refractivity contribution in [1.29, 1.82) is 5.26 Å². The van der Waals surface area contributed by atoms with E-state index in [0.717, 1.165) is 17.7 Å². The number of hydrogen-bond donors (Lipinski definition) is 1. The summed E-state index contributed by atoms with van der Waals surface area (Å²) < 4.78 is 5.64. The van der Waals surface area contributed by atoms with Crippen molar-refractivity contribution >= 4 is 28.9 Å². The van der Waals surface area contributed by atoms with Crippen LogP contribution < -0.4 is 10.1 Å². The molecule has 2 aromatic rings. The summed E-state index contributed by atoms with van der Waals surface area (Å²) in [7, 11) is 0. The molecule has 5 heteroatoms. The fourth-order valence-corrected chi connectivity index (χ4v) is 3.03. The summed E-state index contributed by atoms with van der Waals surface area (Å²) in [5.74, 6) is 0.666. The van der Waals surface area contributed by atoms with Crippen molar-refractivity contribution < 1.29 is 4.74 Å². The number of ether oxygens (including phenoxy) is 1. The average Bonchev–Trinajstić information content (AvgIpc) is 2.48. The van der Waals surface area contributed by atoms with Crippen molar-refractivity contribution in [3.63, 3.8) is 0 Å². The molecule has 0 amide bonds. The number of nitrogens with one attached hydrogen (secondary N) is 1. The lowest BCUT2D eigenvalue weighted by atomic mass is 9.99. The molecule has 0 bridgehead atoms. The predicted octanol–water partition coefficient (Wildman–Crippen LogP) is 4.80. The number of nitriles is 1. The summed E-state index contributed by atoms with van der Waals surface area (Å²) in [6, 6.07) is 13.1. The van der Waals surface area contributed by atoms with Crippen LogP contribution in [0, 0.1) is 11.3 Å². The van der Waals surface area contributed by atoms with Gasteiger partial charge in [-0.2, -0.15) is 5.26 Å². The molecule has 1 heterocycles. The van der Waals surface area contributed by atoms with Gasteiger partial charge in [0.25, 0.3) is 0 Å². The Hall–Kier alpha value is -1.89. The number of fused-ring (bicyclic) bond motifs is 1. The lowest BCUT2D eigenvalue weighted by molar-refractivity contribution is 0.274. The maximum Gasteiger partial charge on any atom is 0.143 e. The van der Waals surface area contributed by atoms with E-state index in [1.54, 1.807) is 12.1 Å². The number of hydrogen-bond acceptors (Lipinski definition) is 3. The second kappa shape index (κ2) is 5.85. The molecule has 1 atom stereocenters. The monoisotopic (exact) mass is 318 g/mol. The molecule has 2 aromatic carbocycles. The van der Waals surface area contributed by atoms with Crippen LogP contribution in [0.25, 0.3) is 0 Å². The molecule has 1 N–H and O–H groups in total. The van der Waals surface area contributed by atoms with Crippen LogP contribution in [0.1, 0.15) is 23.6 Å². The van der Waals surface area contributed by atoms with Gasteiger partial charge in [0.2, 0.25) is 0 Å². The number of para-hydroxylation sites is 1. The third kappa shape index (κ3) is 2.78. The molecule has 1 aliphatic heterocycles. The van der Waals surface area contributed by atoms with Crippen molar-refractivity contribution in [1.82, 2.24) is 0 Å². The predicted molar refractivity (Wildman–Crippen MR) is 84.1 cm³/mol. The molecule has 21 heavy (non-hydrogen) atoms. The first-order valence-corrected chi connectivity index (χ1v) is 7.32. The number of anilines is 1. The van der Waals surface area contributed by atoms with Crippen LogP contribution in [-0.4, -0.2) is 6.61 Å². The normalized spacial score (nSPS) is 16.5. The van der Waals surface area contributed by atoms with Crippen LogP contribution in [0.2, 0.25) is 10.0 Å². The van der Waals surface area contributed by atoms with Gasteiger partial charge in [0, 0.05) is 17.0 Å². The Kier molecular flexibility index (Phi) is 3.92. The summed E-state index contributed by atoms with van der Waals surface area (Å²) in [6.07, 6.45) is 0.781. The van der Waals surface area contributed by atoms with Crippen molar-refractivity contribution in [3.05, 3.63) is 57.6 Å². The van der Waals surface area contributed by atoms with Crippen LogP contribution >= 0.6 is 23.2 Å². The highest BCUT2D eigenvalue weighted by Crippen LogP contribution is 2.41. The Balaban J connectivity index is 1.98. The number of nitrogens with zero attached hydrogens (tertiary/aromatic N) is 1. The maximum absolute atomic E-state index is 9.17. The second-order valence-corrected chi connectivity index (χ2v) is 5.64. The van der Waals surface area contributed by atoms with Crippen LogP contribution in [-0.2, 0) is 0 Å². The average molecular weight is 319 g/mol. The molecule has 1 unspecified atom stereocenters. The van der Waals surface area contributed by atoms with E-state index in [4.69, 9.17) is 27.9 Å². The summed E-state index contributed by atoms with van der Waals surface area (Å²) in [5.41, 5.74) is 2.33. The van der Waals surface area contributed by atoms with Crippen molar-refractivity contribution in [3.8, 4) is 11.8 Å². The Morgan fingerprint density at radius 1 is 1.24 bits per heavy atom. The molecule has 0 aromatic heterocycles. The largest absolute Gasteiger partial charge is 0.492 e. The van der Waals surface area contributed by atoms with E-state index in [2.05, 4.69) is 11.4 Å². The second-order valence-electron chi connectivity index (χ2n) is 4.80. The van der Waals surface area contributed by atoms with Crippen molar-refractivity contribution in [2.24, 2.45) is 0 Å². The molecule has 0 fully saturated rings. The number of benzene rings is 2. The zero-order valence-electron chi connectivity index (χ0n) is 11.1. The molecule has 0 aliphatic carbocycles. The smallest absolute Gasteiger partial charge is 0.143 e. The van der Waals surface area contributed by atoms with Gasteiger partial charge in [0.05, 0.1) is 28.9 Å². The van der Waals surface area contributed by atoms with Crippen LogP contribution in [0.5, 0.6) is 5.75 Å². The molecule has 0 saturated heterocycles. The standard InChI is InChI=1S/C16H12Cl2N2O/c17-11-7-12-15(5-6-21-16(12)13(18)8-11)20-14-4-2-1-3-10(14)9-19/h1-4,7-8,15,20H,5-6H2. The Morgan fingerprint density at radius 3 is 2.86 bits per heavy atom. The summed E-state index contributed by atoms with van der Waals surface area (Å²) >= 11 is 12.3. The molecule has 0 radical (unpaired) electrons. The van der Waals surface area contributed by atoms with Crippen LogP contribution in [0.3, 0.4) is 0 Å². The van der Waals surface area contributed by atoms with Gasteiger partial charge in [-0.3, -0.25) is 0 Å². The van der Waals surface area contributed by atoms with E-state index in [9.17, 15) is 5.26 Å². The third-order valence-electron chi connectivity index (χ3n) is 3.44. The van der Waals surface area contributed by atoms with Gasteiger partial charge in [-0.1, -0.05) is 35.3 Å². The minimum atomic E-state index is 0.0134. The van der Waals surface area contributed by atoms with Gasteiger partial charge in [-0.15, -0.1) is 0 Å². The van der Waals surface area contributed by atoms with Gasteiger partial charge in [0.15, 0.2) is 0 Å². The van der Waals surface area contributed by atoms with E-state index in [1.807, 2.05) is 24.3 Å². The third-order valence-corrected chi connectivity index (χ3v) is 3.94. The molecule has 1 aliphatic rings. The molecule has 3 nitrogen and oxygen atoms in total. The molecular weight excluding hydrogens is 307 g/mol. The summed E-state index contributed by atoms with van der Waals surface area (Å²) in [4.78, 5) is 0. The van der Waals surface area contributed by atoms with Gasteiger partial charge in [-0.25, -0.2) is 0 Å². The first-order chi connectivity index (χ1) is 10.2. The molecule has 106 valence electrons. The van der Waals surface area contributed by atoms with E-state index < -0.39 is 0 Å². The van der Waals surface area contributed by atoms with E-state index >= 15 is 0 Å². The molecule has 3 rings (SSSR count). The minimum absolute atomic E-state index is 0.0134. The zero-order chi connectivity index (χ0) is 14.8. The van der Waals surface area contributed by atoms with Crippen LogP contribution in [0.15, 0.2) is 36.4 Å². The Morgan fingerprint density at radius 2 is 2.05 bits per heavy atom. The topological polar surface area (TPSA) is 45.0 Å². The lowest BCUT2D eigenvalue weighted by Gasteiger charge is -2.28. The van der Waals surface area contributed by atoms with Gasteiger partial charge in [-0.05, 0) is 24.3 Å². The van der Waals surface area contributed by atoms with E-state index in [1.165, 1.54) is 0 Å². The van der Waals surface area contributed by atoms with Crippen LogP contribution in [0.4, 0.5) is 5.69 Å². The van der Waals surface area contributed by atoms with E-state index in [0.29, 0.717) is 28.0 Å². The Labute approximate surface area is 133 Å². The fourth-order valence-electron chi connectivity index (χ4n) is 2.47. The fraction of sp³-hybridized carbons (Fsp3) is 0.188. The number of halogens is 2. The first-order valence-electron chi connectivity index (χ1n) is 6.56. The van der Waals surface area contributed by atoms with Gasteiger partial charge >= 0.3 is 0 Å².